The highest BCUT2D eigenvalue weighted by Gasteiger charge is 2.35. The van der Waals surface area contributed by atoms with Gasteiger partial charge in [0.05, 0.1) is 12.3 Å². The van der Waals surface area contributed by atoms with Crippen LogP contribution in [0.1, 0.15) is 32.4 Å². The van der Waals surface area contributed by atoms with E-state index in [0.29, 0.717) is 0 Å². The van der Waals surface area contributed by atoms with Crippen molar-refractivity contribution >= 4 is 22.1 Å². The molecule has 1 saturated heterocycles. The molecule has 0 spiro atoms. The van der Waals surface area contributed by atoms with Gasteiger partial charge in [0.25, 0.3) is 0 Å². The first-order chi connectivity index (χ1) is 10.1. The van der Waals surface area contributed by atoms with Gasteiger partial charge in [0, 0.05) is 43.9 Å². The van der Waals surface area contributed by atoms with Crippen molar-refractivity contribution in [3.05, 3.63) is 17.3 Å². The lowest BCUT2D eigenvalue weighted by Gasteiger charge is -2.32. The highest BCUT2D eigenvalue weighted by molar-refractivity contribution is 7.15. The van der Waals surface area contributed by atoms with E-state index in [1.54, 1.807) is 18.4 Å². The Hall–Kier alpha value is -1.11. The zero-order chi connectivity index (χ0) is 14.9. The van der Waals surface area contributed by atoms with Crippen LogP contribution in [-0.4, -0.2) is 41.7 Å². The Bertz CT molecular complexity index is 604. The molecule has 0 atom stereocenters. The van der Waals surface area contributed by atoms with Gasteiger partial charge in [-0.25, -0.2) is 4.98 Å². The fourth-order valence-electron chi connectivity index (χ4n) is 3.08. The molecule has 21 heavy (non-hydrogen) atoms. The Labute approximate surface area is 129 Å². The van der Waals surface area contributed by atoms with Crippen molar-refractivity contribution < 1.29 is 4.74 Å². The number of hydrogen-bond acceptors (Lipinski definition) is 5. The predicted molar refractivity (Wildman–Crippen MR) is 87.3 cm³/mol. The Kier molecular flexibility index (Phi) is 4.19. The normalized spacial score (nSPS) is 18.0. The minimum atomic E-state index is 0.200. The smallest absolute Gasteiger partial charge is 0.195 e. The predicted octanol–water partition coefficient (Wildman–Crippen LogP) is 2.51. The van der Waals surface area contributed by atoms with Crippen LogP contribution in [0.5, 0.6) is 0 Å². The number of ether oxygens (including phenoxy) is 1. The first kappa shape index (κ1) is 14.8. The molecule has 0 aliphatic carbocycles. The highest BCUT2D eigenvalue weighted by Crippen LogP contribution is 2.36. The van der Waals surface area contributed by atoms with Crippen LogP contribution in [0.2, 0.25) is 0 Å². The molecule has 1 fully saturated rings. The van der Waals surface area contributed by atoms with Crippen LogP contribution in [-0.2, 0) is 11.3 Å². The van der Waals surface area contributed by atoms with Gasteiger partial charge in [-0.2, -0.15) is 0 Å². The molecule has 0 saturated carbocycles. The molecule has 0 aromatic carbocycles. The summed E-state index contributed by atoms with van der Waals surface area (Å²) in [4.78, 5) is 8.44. The Morgan fingerprint density at radius 3 is 3.05 bits per heavy atom. The Morgan fingerprint density at radius 1 is 1.48 bits per heavy atom. The first-order valence-electron chi connectivity index (χ1n) is 7.55. The number of hydrogen-bond donors (Lipinski definition) is 1. The lowest BCUT2D eigenvalue weighted by molar-refractivity contribution is 0.199. The summed E-state index contributed by atoms with van der Waals surface area (Å²) in [5, 5.41) is 5.55. The summed E-state index contributed by atoms with van der Waals surface area (Å²) < 4.78 is 7.32. The molecule has 1 aliphatic heterocycles. The second kappa shape index (κ2) is 5.94. The van der Waals surface area contributed by atoms with E-state index in [2.05, 4.69) is 40.0 Å². The first-order valence-corrected chi connectivity index (χ1v) is 8.43. The van der Waals surface area contributed by atoms with Crippen molar-refractivity contribution in [2.45, 2.75) is 38.8 Å². The molecule has 1 aliphatic rings. The van der Waals surface area contributed by atoms with Gasteiger partial charge in [0.1, 0.15) is 0 Å². The summed E-state index contributed by atoms with van der Waals surface area (Å²) in [5.41, 5.74) is 1.46. The number of fused-ring (bicyclic) bond motifs is 1. The third-order valence-electron chi connectivity index (χ3n) is 4.27. The molecule has 6 heteroatoms. The number of rotatable bonds is 6. The molecule has 0 radical (unpaired) electrons. The third kappa shape index (κ3) is 2.80. The van der Waals surface area contributed by atoms with E-state index >= 15 is 0 Å². The van der Waals surface area contributed by atoms with E-state index in [4.69, 9.17) is 9.72 Å². The number of aromatic nitrogens is 2. The topological polar surface area (TPSA) is 41.8 Å². The largest absolute Gasteiger partial charge is 0.383 e. The lowest BCUT2D eigenvalue weighted by Crippen LogP contribution is -2.39. The van der Waals surface area contributed by atoms with Crippen LogP contribution in [0.4, 0.5) is 5.82 Å². The zero-order valence-corrected chi connectivity index (χ0v) is 13.9. The standard InChI is InChI=1S/C15H24N4OS/c1-15(2)5-4-7-19(15)13-12(11-16-6-9-20-3)18-8-10-21-14(18)17-13/h8,10,16H,4-7,9,11H2,1-3H3. The van der Waals surface area contributed by atoms with Gasteiger partial charge in [0.15, 0.2) is 10.8 Å². The van der Waals surface area contributed by atoms with Gasteiger partial charge in [0.2, 0.25) is 0 Å². The second-order valence-electron chi connectivity index (χ2n) is 6.17. The maximum atomic E-state index is 5.10. The Morgan fingerprint density at radius 2 is 2.33 bits per heavy atom. The van der Waals surface area contributed by atoms with E-state index in [-0.39, 0.29) is 5.54 Å². The Balaban J connectivity index is 1.88. The molecular formula is C15H24N4OS. The summed E-state index contributed by atoms with van der Waals surface area (Å²) in [7, 11) is 1.73. The highest BCUT2D eigenvalue weighted by atomic mass is 32.1. The quantitative estimate of drug-likeness (QED) is 0.833. The van der Waals surface area contributed by atoms with Crippen LogP contribution >= 0.6 is 11.3 Å². The van der Waals surface area contributed by atoms with Crippen molar-refractivity contribution in [3.63, 3.8) is 0 Å². The average Bonchev–Trinajstić information content (AvgIpc) is 3.09. The molecule has 0 unspecified atom stereocenters. The van der Waals surface area contributed by atoms with Gasteiger partial charge in [-0.3, -0.25) is 4.40 Å². The van der Waals surface area contributed by atoms with Crippen LogP contribution in [0.25, 0.3) is 4.96 Å². The molecule has 0 bridgehead atoms. The molecule has 0 amide bonds. The summed E-state index contributed by atoms with van der Waals surface area (Å²) in [5.74, 6) is 1.15. The number of imidazole rings is 1. The van der Waals surface area contributed by atoms with Crippen LogP contribution < -0.4 is 10.2 Å². The number of methoxy groups -OCH3 is 1. The molecule has 1 N–H and O–H groups in total. The summed E-state index contributed by atoms with van der Waals surface area (Å²) in [6.07, 6.45) is 4.59. The average molecular weight is 308 g/mol. The monoisotopic (exact) mass is 308 g/mol. The van der Waals surface area contributed by atoms with Crippen LogP contribution in [0, 0.1) is 0 Å². The van der Waals surface area contributed by atoms with E-state index < -0.39 is 0 Å². The molecule has 116 valence electrons. The van der Waals surface area contributed by atoms with E-state index in [9.17, 15) is 0 Å². The van der Waals surface area contributed by atoms with Gasteiger partial charge in [-0.15, -0.1) is 11.3 Å². The van der Waals surface area contributed by atoms with Crippen LogP contribution in [0.15, 0.2) is 11.6 Å². The summed E-state index contributed by atoms with van der Waals surface area (Å²) in [6, 6.07) is 0. The molecule has 5 nitrogen and oxygen atoms in total. The maximum Gasteiger partial charge on any atom is 0.195 e. The SMILES string of the molecule is COCCNCc1c(N2CCCC2(C)C)nc2sccn12. The van der Waals surface area contributed by atoms with Gasteiger partial charge >= 0.3 is 0 Å². The second-order valence-corrected chi connectivity index (χ2v) is 7.05. The molecule has 2 aromatic rings. The molecular weight excluding hydrogens is 284 g/mol. The summed E-state index contributed by atoms with van der Waals surface area (Å²) >= 11 is 1.70. The lowest BCUT2D eigenvalue weighted by atomic mass is 10.0. The summed E-state index contributed by atoms with van der Waals surface area (Å²) in [6.45, 7) is 8.14. The fraction of sp³-hybridized carbons (Fsp3) is 0.667. The zero-order valence-electron chi connectivity index (χ0n) is 13.1. The number of anilines is 1. The van der Waals surface area contributed by atoms with Gasteiger partial charge in [-0.05, 0) is 26.7 Å². The van der Waals surface area contributed by atoms with Crippen molar-refractivity contribution in [1.82, 2.24) is 14.7 Å². The number of thiazole rings is 1. The third-order valence-corrected chi connectivity index (χ3v) is 5.03. The van der Waals surface area contributed by atoms with Crippen molar-refractivity contribution in [2.24, 2.45) is 0 Å². The van der Waals surface area contributed by atoms with Gasteiger partial charge < -0.3 is 15.0 Å². The van der Waals surface area contributed by atoms with Crippen molar-refractivity contribution in [2.75, 3.05) is 31.7 Å². The number of nitrogens with one attached hydrogen (secondary N) is 1. The minimum absolute atomic E-state index is 0.200. The molecule has 3 heterocycles. The van der Waals surface area contributed by atoms with E-state index in [1.165, 1.54) is 18.5 Å². The van der Waals surface area contributed by atoms with Crippen LogP contribution in [0.3, 0.4) is 0 Å². The minimum Gasteiger partial charge on any atom is -0.383 e. The van der Waals surface area contributed by atoms with E-state index in [1.807, 2.05) is 0 Å². The molecule has 2 aromatic heterocycles. The van der Waals surface area contributed by atoms with Crippen molar-refractivity contribution in [1.29, 1.82) is 0 Å². The van der Waals surface area contributed by atoms with E-state index in [0.717, 1.165) is 37.0 Å². The van der Waals surface area contributed by atoms with Gasteiger partial charge in [-0.1, -0.05) is 0 Å². The fourth-order valence-corrected chi connectivity index (χ4v) is 3.81. The number of nitrogens with zero attached hydrogens (tertiary/aromatic N) is 3. The molecule has 3 rings (SSSR count). The van der Waals surface area contributed by atoms with Crippen molar-refractivity contribution in [3.8, 4) is 0 Å². The maximum absolute atomic E-state index is 5.10.